The molecule has 3 nitrogen and oxygen atoms in total. The molecular weight excluding hydrogens is 360 g/mol. The van der Waals surface area contributed by atoms with Crippen molar-refractivity contribution >= 4 is 39.2 Å². The number of hydrogen-bond donors (Lipinski definition) is 1. The monoisotopic (exact) mass is 375 g/mol. The summed E-state index contributed by atoms with van der Waals surface area (Å²) in [5.74, 6) is 0.0297. The van der Waals surface area contributed by atoms with E-state index in [0.717, 1.165) is 16.9 Å². The molecule has 2 aromatic rings. The predicted molar refractivity (Wildman–Crippen MR) is 93.8 cm³/mol. The number of carbonyl (C=O) groups is 1. The van der Waals surface area contributed by atoms with Crippen molar-refractivity contribution in [1.29, 1.82) is 0 Å². The number of rotatable bonds is 4. The molecule has 5 heteroatoms. The number of nitrogens with zero attached hydrogens (tertiary/aromatic N) is 1. The first-order valence-corrected chi connectivity index (χ1v) is 9.07. The smallest absolute Gasteiger partial charge is 0.289 e. The first-order valence-electron chi connectivity index (χ1n) is 7.07. The first-order chi connectivity index (χ1) is 10.8. The van der Waals surface area contributed by atoms with Crippen molar-refractivity contribution in [2.75, 3.05) is 11.9 Å². The summed E-state index contributed by atoms with van der Waals surface area (Å²) in [6.45, 7) is 0.865. The molecule has 3 rings (SSSR count). The van der Waals surface area contributed by atoms with Gasteiger partial charge in [-0.15, -0.1) is 0 Å². The minimum atomic E-state index is 0.0297. The number of aromatic nitrogens is 1. The minimum Gasteiger partial charge on any atom is -0.373 e. The molecule has 0 saturated carbocycles. The Labute approximate surface area is 142 Å². The number of allylic oxidation sites excluding steroid dienone is 1. The van der Waals surface area contributed by atoms with Crippen LogP contribution in [0.4, 0.5) is 0 Å². The SMILES string of the molecule is O=C(/C(=C1\NC[C@@H](CBr)S1)[n+]1ccccc1)c1ccccc1. The predicted octanol–water partition coefficient (Wildman–Crippen LogP) is 3.08. The zero-order valence-corrected chi connectivity index (χ0v) is 14.3. The molecule has 0 spiro atoms. The molecule has 1 atom stereocenters. The van der Waals surface area contributed by atoms with E-state index in [1.807, 2.05) is 65.5 Å². The van der Waals surface area contributed by atoms with Gasteiger partial charge in [0.05, 0.1) is 0 Å². The second kappa shape index (κ2) is 7.11. The molecule has 1 aromatic heterocycles. The van der Waals surface area contributed by atoms with Gasteiger partial charge < -0.3 is 5.32 Å². The molecule has 0 radical (unpaired) electrons. The largest absolute Gasteiger partial charge is 0.373 e. The van der Waals surface area contributed by atoms with Crippen LogP contribution in [0.1, 0.15) is 10.4 Å². The second-order valence-corrected chi connectivity index (χ2v) is 6.89. The molecule has 112 valence electrons. The molecule has 0 amide bonds. The first kappa shape index (κ1) is 15.3. The van der Waals surface area contributed by atoms with Crippen LogP contribution >= 0.6 is 27.7 Å². The molecule has 1 fully saturated rings. The maximum absolute atomic E-state index is 13.0. The van der Waals surface area contributed by atoms with Gasteiger partial charge in [-0.05, 0) is 0 Å². The average molecular weight is 376 g/mol. The molecule has 1 saturated heterocycles. The summed E-state index contributed by atoms with van der Waals surface area (Å²) in [5, 5.41) is 5.66. The Morgan fingerprint density at radius 1 is 1.18 bits per heavy atom. The van der Waals surface area contributed by atoms with Crippen LogP contribution in [0.15, 0.2) is 66.0 Å². The summed E-state index contributed by atoms with van der Waals surface area (Å²) in [5.41, 5.74) is 1.38. The minimum absolute atomic E-state index is 0.0297. The van der Waals surface area contributed by atoms with Crippen molar-refractivity contribution in [3.8, 4) is 0 Å². The van der Waals surface area contributed by atoms with E-state index in [0.29, 0.717) is 16.5 Å². The van der Waals surface area contributed by atoms with Gasteiger partial charge in [0, 0.05) is 34.8 Å². The lowest BCUT2D eigenvalue weighted by Crippen LogP contribution is -2.37. The lowest BCUT2D eigenvalue weighted by Gasteiger charge is -2.05. The molecule has 2 heterocycles. The number of nitrogens with one attached hydrogen (secondary N) is 1. The van der Waals surface area contributed by atoms with Gasteiger partial charge in [-0.3, -0.25) is 4.79 Å². The van der Waals surface area contributed by atoms with E-state index in [4.69, 9.17) is 0 Å². The highest BCUT2D eigenvalue weighted by Crippen LogP contribution is 2.30. The highest BCUT2D eigenvalue weighted by atomic mass is 79.9. The van der Waals surface area contributed by atoms with Crippen molar-refractivity contribution < 1.29 is 9.36 Å². The maximum atomic E-state index is 13.0. The van der Waals surface area contributed by atoms with Crippen LogP contribution < -0.4 is 9.88 Å². The molecule has 0 unspecified atom stereocenters. The van der Waals surface area contributed by atoms with Crippen LogP contribution in [0.3, 0.4) is 0 Å². The Morgan fingerprint density at radius 3 is 2.50 bits per heavy atom. The fourth-order valence-corrected chi connectivity index (χ4v) is 3.96. The third-order valence-corrected chi connectivity index (χ3v) is 5.84. The van der Waals surface area contributed by atoms with Gasteiger partial charge in [0.1, 0.15) is 5.03 Å². The Kier molecular flexibility index (Phi) is 4.95. The Hall–Kier alpha value is -1.59. The number of hydrogen-bond acceptors (Lipinski definition) is 3. The van der Waals surface area contributed by atoms with Gasteiger partial charge >= 0.3 is 0 Å². The number of halogens is 1. The fourth-order valence-electron chi connectivity index (χ4n) is 2.29. The molecule has 22 heavy (non-hydrogen) atoms. The quantitative estimate of drug-likeness (QED) is 0.385. The number of ketones is 1. The fraction of sp³-hybridized carbons (Fsp3) is 0.176. The summed E-state index contributed by atoms with van der Waals surface area (Å²) in [7, 11) is 0. The van der Waals surface area contributed by atoms with E-state index < -0.39 is 0 Å². The van der Waals surface area contributed by atoms with Gasteiger partial charge in [0.15, 0.2) is 12.4 Å². The third kappa shape index (κ3) is 3.25. The highest BCUT2D eigenvalue weighted by Gasteiger charge is 2.31. The van der Waals surface area contributed by atoms with Gasteiger partial charge in [-0.1, -0.05) is 64.1 Å². The number of Topliss-reactive ketones (excluding diaryl/α,β-unsaturated/α-hetero) is 1. The molecular formula is C17H16BrN2OS+. The van der Waals surface area contributed by atoms with Crippen LogP contribution in [0.25, 0.3) is 5.70 Å². The molecule has 1 aliphatic heterocycles. The van der Waals surface area contributed by atoms with Crippen molar-refractivity contribution in [3.63, 3.8) is 0 Å². The Morgan fingerprint density at radius 2 is 1.86 bits per heavy atom. The van der Waals surface area contributed by atoms with E-state index in [1.54, 1.807) is 11.8 Å². The van der Waals surface area contributed by atoms with Gasteiger partial charge in [-0.25, -0.2) is 0 Å². The van der Waals surface area contributed by atoms with Crippen LogP contribution in [0.5, 0.6) is 0 Å². The molecule has 1 aliphatic rings. The van der Waals surface area contributed by atoms with Crippen LogP contribution in [-0.4, -0.2) is 22.9 Å². The molecule has 1 aromatic carbocycles. The summed E-state index contributed by atoms with van der Waals surface area (Å²) < 4.78 is 1.89. The van der Waals surface area contributed by atoms with Crippen molar-refractivity contribution in [2.45, 2.75) is 5.25 Å². The van der Waals surface area contributed by atoms with E-state index in [-0.39, 0.29) is 5.78 Å². The third-order valence-electron chi connectivity index (χ3n) is 3.39. The van der Waals surface area contributed by atoms with Gasteiger partial charge in [0.2, 0.25) is 0 Å². The van der Waals surface area contributed by atoms with Crippen molar-refractivity contribution in [1.82, 2.24) is 5.32 Å². The van der Waals surface area contributed by atoms with Crippen LogP contribution in [-0.2, 0) is 0 Å². The zero-order chi connectivity index (χ0) is 15.4. The second-order valence-electron chi connectivity index (χ2n) is 4.93. The molecule has 1 N–H and O–H groups in total. The van der Waals surface area contributed by atoms with E-state index in [2.05, 4.69) is 21.2 Å². The number of carbonyl (C=O) groups excluding carboxylic acids is 1. The summed E-state index contributed by atoms with van der Waals surface area (Å²) in [6, 6.07) is 15.2. The number of pyridine rings is 1. The molecule has 0 bridgehead atoms. The van der Waals surface area contributed by atoms with Crippen LogP contribution in [0.2, 0.25) is 0 Å². The lowest BCUT2D eigenvalue weighted by atomic mass is 10.1. The standard InChI is InChI=1S/C17H15BrN2OS/c18-11-14-12-19-17(22-14)15(20-9-5-2-6-10-20)16(21)13-7-3-1-4-8-13/h1-10,14H,11-12H2/p+1/t14-/m1/s1. The molecule has 0 aliphatic carbocycles. The normalized spacial score (nSPS) is 19.6. The maximum Gasteiger partial charge on any atom is 0.289 e. The zero-order valence-electron chi connectivity index (χ0n) is 11.9. The number of benzene rings is 1. The Bertz CT molecular complexity index is 688. The van der Waals surface area contributed by atoms with Gasteiger partial charge in [-0.2, -0.15) is 4.57 Å². The summed E-state index contributed by atoms with van der Waals surface area (Å²) in [4.78, 5) is 13.0. The lowest BCUT2D eigenvalue weighted by molar-refractivity contribution is -0.577. The average Bonchev–Trinajstić information content (AvgIpc) is 3.05. The van der Waals surface area contributed by atoms with Crippen molar-refractivity contribution in [3.05, 3.63) is 71.5 Å². The van der Waals surface area contributed by atoms with Gasteiger partial charge in [0.25, 0.3) is 11.5 Å². The number of thioether (sulfide) groups is 1. The Balaban J connectivity index is 2.05. The van der Waals surface area contributed by atoms with Crippen LogP contribution in [0, 0.1) is 0 Å². The topological polar surface area (TPSA) is 33.0 Å². The highest BCUT2D eigenvalue weighted by molar-refractivity contribution is 9.09. The van der Waals surface area contributed by atoms with E-state index in [1.165, 1.54) is 0 Å². The summed E-state index contributed by atoms with van der Waals surface area (Å²) in [6.07, 6.45) is 3.82. The summed E-state index contributed by atoms with van der Waals surface area (Å²) >= 11 is 5.23. The van der Waals surface area contributed by atoms with E-state index >= 15 is 0 Å². The number of alkyl halides is 1. The van der Waals surface area contributed by atoms with E-state index in [9.17, 15) is 4.79 Å². The van der Waals surface area contributed by atoms with Crippen molar-refractivity contribution in [2.24, 2.45) is 0 Å².